The average molecular weight is 744 g/mol. The van der Waals surface area contributed by atoms with Crippen molar-refractivity contribution in [2.75, 3.05) is 4.90 Å². The normalized spacial score (nSPS) is 12.9. The third kappa shape index (κ3) is 5.85. The molecule has 0 fully saturated rings. The van der Waals surface area contributed by atoms with E-state index >= 15 is 0 Å². The van der Waals surface area contributed by atoms with Crippen LogP contribution in [-0.4, -0.2) is 0 Å². The van der Waals surface area contributed by atoms with Crippen LogP contribution in [0.1, 0.15) is 48.6 Å². The van der Waals surface area contributed by atoms with E-state index in [1.165, 1.54) is 72.0 Å². The maximum Gasteiger partial charge on any atom is 0.0714 e. The number of benzene rings is 9. The van der Waals surface area contributed by atoms with Crippen LogP contribution in [0.5, 0.6) is 0 Å². The quantitative estimate of drug-likeness (QED) is 0.157. The van der Waals surface area contributed by atoms with Crippen LogP contribution in [0.2, 0.25) is 0 Å². The second-order valence-corrected chi connectivity index (χ2v) is 16.5. The van der Waals surface area contributed by atoms with Gasteiger partial charge in [-0.2, -0.15) is 0 Å². The molecule has 1 nitrogen and oxygen atoms in total. The zero-order chi connectivity index (χ0) is 39.3. The summed E-state index contributed by atoms with van der Waals surface area (Å²) in [5.74, 6) is 0. The summed E-state index contributed by atoms with van der Waals surface area (Å²) in [6.45, 7) is 6.95. The topological polar surface area (TPSA) is 3.24 Å². The van der Waals surface area contributed by atoms with E-state index in [0.29, 0.717) is 0 Å². The Morgan fingerprint density at radius 2 is 0.862 bits per heavy atom. The van der Waals surface area contributed by atoms with Crippen molar-refractivity contribution < 1.29 is 0 Å². The van der Waals surface area contributed by atoms with Gasteiger partial charge in [0.25, 0.3) is 0 Å². The maximum atomic E-state index is 2.50. The molecule has 0 saturated carbocycles. The smallest absolute Gasteiger partial charge is 0.0714 e. The molecular formula is C57H45N. The Bertz CT molecular complexity index is 2860. The summed E-state index contributed by atoms with van der Waals surface area (Å²) < 4.78 is 0. The van der Waals surface area contributed by atoms with Crippen LogP contribution in [0.15, 0.2) is 218 Å². The Morgan fingerprint density at radius 1 is 0.362 bits per heavy atom. The van der Waals surface area contributed by atoms with E-state index in [1.54, 1.807) is 0 Å². The molecule has 1 aliphatic carbocycles. The SMILES string of the molecule is CC(C)(C)c1ccccc1-c1cc2ccccc2cc1N(c1ccc(-c2ccccc2)cc1)c1ccc2c(c1)C(c1ccccc1)(c1ccccc1)c1ccccc1-2. The minimum absolute atomic E-state index is 0.0635. The monoisotopic (exact) mass is 743 g/mol. The molecule has 0 unspecified atom stereocenters. The maximum absolute atomic E-state index is 2.50. The van der Waals surface area contributed by atoms with Crippen LogP contribution in [0.3, 0.4) is 0 Å². The van der Waals surface area contributed by atoms with Gasteiger partial charge in [-0.05, 0) is 108 Å². The van der Waals surface area contributed by atoms with Crippen LogP contribution >= 0.6 is 0 Å². The van der Waals surface area contributed by atoms with Gasteiger partial charge in [-0.25, -0.2) is 0 Å². The van der Waals surface area contributed by atoms with Crippen LogP contribution < -0.4 is 4.90 Å². The number of hydrogen-bond acceptors (Lipinski definition) is 1. The average Bonchev–Trinajstić information content (AvgIpc) is 3.57. The summed E-state index contributed by atoms with van der Waals surface area (Å²) in [5, 5.41) is 2.43. The number of anilines is 3. The third-order valence-electron chi connectivity index (χ3n) is 12.1. The molecule has 1 heteroatoms. The van der Waals surface area contributed by atoms with Gasteiger partial charge in [0.05, 0.1) is 11.1 Å². The summed E-state index contributed by atoms with van der Waals surface area (Å²) >= 11 is 0. The molecule has 0 atom stereocenters. The molecule has 0 heterocycles. The van der Waals surface area contributed by atoms with Gasteiger partial charge in [-0.1, -0.05) is 203 Å². The molecule has 278 valence electrons. The van der Waals surface area contributed by atoms with Crippen molar-refractivity contribution in [3.05, 3.63) is 246 Å². The zero-order valence-corrected chi connectivity index (χ0v) is 33.2. The first-order chi connectivity index (χ1) is 28.4. The first-order valence-electron chi connectivity index (χ1n) is 20.3. The minimum Gasteiger partial charge on any atom is -0.310 e. The number of rotatable bonds is 7. The fourth-order valence-electron chi connectivity index (χ4n) is 9.43. The fraction of sp³-hybridized carbons (Fsp3) is 0.0877. The van der Waals surface area contributed by atoms with E-state index in [9.17, 15) is 0 Å². The predicted molar refractivity (Wildman–Crippen MR) is 246 cm³/mol. The highest BCUT2D eigenvalue weighted by molar-refractivity contribution is 6.00. The van der Waals surface area contributed by atoms with Gasteiger partial charge < -0.3 is 4.90 Å². The van der Waals surface area contributed by atoms with E-state index in [1.807, 2.05) is 0 Å². The highest BCUT2D eigenvalue weighted by atomic mass is 15.1. The van der Waals surface area contributed by atoms with Crippen molar-refractivity contribution in [3.8, 4) is 33.4 Å². The summed E-state index contributed by atoms with van der Waals surface area (Å²) in [6, 6.07) is 80.7. The summed E-state index contributed by atoms with van der Waals surface area (Å²) in [5.41, 5.74) is 16.6. The lowest BCUT2D eigenvalue weighted by molar-refractivity contribution is 0.592. The summed E-state index contributed by atoms with van der Waals surface area (Å²) in [7, 11) is 0. The van der Waals surface area contributed by atoms with Gasteiger partial charge in [0.15, 0.2) is 0 Å². The Balaban J connectivity index is 1.28. The Morgan fingerprint density at radius 3 is 1.52 bits per heavy atom. The lowest BCUT2D eigenvalue weighted by Crippen LogP contribution is -2.28. The molecule has 1 aliphatic rings. The van der Waals surface area contributed by atoms with Crippen molar-refractivity contribution in [1.29, 1.82) is 0 Å². The van der Waals surface area contributed by atoms with Crippen LogP contribution in [0, 0.1) is 0 Å². The van der Waals surface area contributed by atoms with E-state index in [4.69, 9.17) is 0 Å². The van der Waals surface area contributed by atoms with E-state index in [2.05, 4.69) is 244 Å². The van der Waals surface area contributed by atoms with Gasteiger partial charge in [-0.15, -0.1) is 0 Å². The van der Waals surface area contributed by atoms with Crippen LogP contribution in [-0.2, 0) is 10.8 Å². The highest BCUT2D eigenvalue weighted by Gasteiger charge is 2.46. The third-order valence-corrected chi connectivity index (χ3v) is 12.1. The molecule has 0 bridgehead atoms. The molecule has 0 saturated heterocycles. The van der Waals surface area contributed by atoms with Gasteiger partial charge in [0, 0.05) is 16.9 Å². The molecule has 0 aliphatic heterocycles. The van der Waals surface area contributed by atoms with Gasteiger partial charge in [0.1, 0.15) is 0 Å². The number of nitrogens with zero attached hydrogens (tertiary/aromatic N) is 1. The van der Waals surface area contributed by atoms with Crippen LogP contribution in [0.4, 0.5) is 17.1 Å². The molecule has 9 aromatic carbocycles. The van der Waals surface area contributed by atoms with Gasteiger partial charge in [-0.3, -0.25) is 0 Å². The minimum atomic E-state index is -0.516. The summed E-state index contributed by atoms with van der Waals surface area (Å²) in [6.07, 6.45) is 0. The second-order valence-electron chi connectivity index (χ2n) is 16.5. The first kappa shape index (κ1) is 35.5. The second kappa shape index (κ2) is 14.2. The van der Waals surface area contributed by atoms with Crippen LogP contribution in [0.25, 0.3) is 44.2 Å². The van der Waals surface area contributed by atoms with Crippen molar-refractivity contribution >= 4 is 27.8 Å². The van der Waals surface area contributed by atoms with Crippen molar-refractivity contribution in [1.82, 2.24) is 0 Å². The van der Waals surface area contributed by atoms with Gasteiger partial charge >= 0.3 is 0 Å². The molecule has 9 aromatic rings. The predicted octanol–water partition coefficient (Wildman–Crippen LogP) is 15.3. The number of hydrogen-bond donors (Lipinski definition) is 0. The number of fused-ring (bicyclic) bond motifs is 4. The molecular weight excluding hydrogens is 699 g/mol. The molecule has 0 spiro atoms. The summed E-state index contributed by atoms with van der Waals surface area (Å²) in [4.78, 5) is 2.50. The largest absolute Gasteiger partial charge is 0.310 e. The van der Waals surface area contributed by atoms with E-state index in [-0.39, 0.29) is 5.41 Å². The molecule has 0 N–H and O–H groups in total. The zero-order valence-electron chi connectivity index (χ0n) is 33.2. The molecule has 0 radical (unpaired) electrons. The first-order valence-corrected chi connectivity index (χ1v) is 20.3. The Labute approximate surface area is 342 Å². The Hall–Kier alpha value is -6.96. The lowest BCUT2D eigenvalue weighted by Gasteiger charge is -2.35. The molecule has 0 aromatic heterocycles. The molecule has 0 amide bonds. The molecule has 10 rings (SSSR count). The molecule has 58 heavy (non-hydrogen) atoms. The standard InChI is InChI=1S/C57H45N/c1-56(2,3)52-29-17-15-28-49(52)51-37-42-21-13-14-22-43(42)38-55(51)58(46-33-31-41(32-34-46)40-19-7-4-8-20-40)47-35-36-50-48-27-16-18-30-53(48)57(54(50)39-47,44-23-9-5-10-24-44)45-25-11-6-12-26-45/h4-39H,1-3H3. The van der Waals surface area contributed by atoms with Gasteiger partial charge in [0.2, 0.25) is 0 Å². The van der Waals surface area contributed by atoms with Crippen molar-refractivity contribution in [3.63, 3.8) is 0 Å². The highest BCUT2D eigenvalue weighted by Crippen LogP contribution is 2.57. The fourth-order valence-corrected chi connectivity index (χ4v) is 9.43. The van der Waals surface area contributed by atoms with Crippen molar-refractivity contribution in [2.24, 2.45) is 0 Å². The van der Waals surface area contributed by atoms with E-state index in [0.717, 1.165) is 17.1 Å². The lowest BCUT2D eigenvalue weighted by atomic mass is 9.67. The Kier molecular flexibility index (Phi) is 8.68. The van der Waals surface area contributed by atoms with Crippen molar-refractivity contribution in [2.45, 2.75) is 31.6 Å². The van der Waals surface area contributed by atoms with E-state index < -0.39 is 5.41 Å².